The minimum Gasteiger partial charge on any atom is -0.354 e. The van der Waals surface area contributed by atoms with E-state index in [1.54, 1.807) is 42.5 Å². The van der Waals surface area contributed by atoms with E-state index in [-0.39, 0.29) is 37.7 Å². The number of sulfonamides is 1. The van der Waals surface area contributed by atoms with Crippen molar-refractivity contribution in [2.45, 2.75) is 52.1 Å². The zero-order chi connectivity index (χ0) is 26.9. The lowest BCUT2D eigenvalue weighted by molar-refractivity contribution is -0.141. The van der Waals surface area contributed by atoms with Crippen molar-refractivity contribution in [2.24, 2.45) is 0 Å². The minimum atomic E-state index is -3.58. The molecule has 0 aliphatic heterocycles. The molecule has 36 heavy (non-hydrogen) atoms. The fourth-order valence-corrected chi connectivity index (χ4v) is 5.14. The van der Waals surface area contributed by atoms with Crippen LogP contribution in [-0.4, -0.2) is 50.5 Å². The highest BCUT2D eigenvalue weighted by Gasteiger charge is 2.28. The standard InChI is InChI=1S/C25H32Cl3N3O4S/c1-4-14-29-25(33)23(5-2)30(17-18-8-13-21(27)22(28)16-18)24(32)7-6-15-31(36(3,34)35)20-11-9-19(26)10-12-20/h8-13,16,23H,4-7,14-15,17H2,1-3H3,(H,29,33)/t23-/m1/s1. The number of rotatable bonds is 13. The van der Waals surface area contributed by atoms with E-state index in [4.69, 9.17) is 34.8 Å². The first-order valence-corrected chi connectivity index (χ1v) is 14.7. The van der Waals surface area contributed by atoms with Crippen molar-refractivity contribution in [3.05, 3.63) is 63.1 Å². The van der Waals surface area contributed by atoms with Crippen LogP contribution in [0.2, 0.25) is 15.1 Å². The summed E-state index contributed by atoms with van der Waals surface area (Å²) in [6, 6.07) is 10.9. The fourth-order valence-electron chi connectivity index (χ4n) is 3.73. The second-order valence-corrected chi connectivity index (χ2v) is 11.6. The quantitative estimate of drug-likeness (QED) is 0.340. The molecule has 0 aliphatic carbocycles. The molecule has 7 nitrogen and oxygen atoms in total. The van der Waals surface area contributed by atoms with Crippen LogP contribution in [0.15, 0.2) is 42.5 Å². The molecule has 2 aromatic carbocycles. The van der Waals surface area contributed by atoms with Crippen LogP contribution in [0.3, 0.4) is 0 Å². The molecule has 11 heteroatoms. The summed E-state index contributed by atoms with van der Waals surface area (Å²) in [4.78, 5) is 27.8. The van der Waals surface area contributed by atoms with Crippen molar-refractivity contribution in [2.75, 3.05) is 23.7 Å². The molecule has 2 amide bonds. The Morgan fingerprint density at radius 2 is 1.67 bits per heavy atom. The molecule has 2 rings (SSSR count). The first-order valence-electron chi connectivity index (χ1n) is 11.7. The SMILES string of the molecule is CCCNC(=O)[C@@H](CC)N(Cc1ccc(Cl)c(Cl)c1)C(=O)CCCN(c1ccc(Cl)cc1)S(C)(=O)=O. The van der Waals surface area contributed by atoms with Crippen LogP contribution >= 0.6 is 34.8 Å². The van der Waals surface area contributed by atoms with Gasteiger partial charge in [-0.3, -0.25) is 13.9 Å². The second kappa shape index (κ2) is 14.1. The highest BCUT2D eigenvalue weighted by Crippen LogP contribution is 2.25. The number of carbonyl (C=O) groups excluding carboxylic acids is 2. The Balaban J connectivity index is 2.22. The third kappa shape index (κ3) is 8.83. The van der Waals surface area contributed by atoms with Gasteiger partial charge >= 0.3 is 0 Å². The van der Waals surface area contributed by atoms with Crippen LogP contribution in [0, 0.1) is 0 Å². The molecule has 0 heterocycles. The Bertz CT molecular complexity index is 1140. The molecule has 2 aromatic rings. The zero-order valence-electron chi connectivity index (χ0n) is 20.6. The van der Waals surface area contributed by atoms with Gasteiger partial charge in [-0.1, -0.05) is 54.7 Å². The van der Waals surface area contributed by atoms with E-state index < -0.39 is 16.1 Å². The molecule has 0 bridgehead atoms. The number of hydrogen-bond acceptors (Lipinski definition) is 4. The predicted octanol–water partition coefficient (Wildman–Crippen LogP) is 5.53. The van der Waals surface area contributed by atoms with E-state index in [0.29, 0.717) is 33.7 Å². The highest BCUT2D eigenvalue weighted by molar-refractivity contribution is 7.92. The van der Waals surface area contributed by atoms with Crippen LogP contribution in [0.25, 0.3) is 0 Å². The maximum atomic E-state index is 13.4. The van der Waals surface area contributed by atoms with Gasteiger partial charge in [0.1, 0.15) is 6.04 Å². The Kier molecular flexibility index (Phi) is 11.8. The average molecular weight is 577 g/mol. The monoisotopic (exact) mass is 575 g/mol. The van der Waals surface area contributed by atoms with E-state index in [9.17, 15) is 18.0 Å². The minimum absolute atomic E-state index is 0.0541. The van der Waals surface area contributed by atoms with E-state index in [2.05, 4.69) is 5.32 Å². The van der Waals surface area contributed by atoms with Crippen molar-refractivity contribution in [3.63, 3.8) is 0 Å². The van der Waals surface area contributed by atoms with Crippen LogP contribution in [-0.2, 0) is 26.2 Å². The molecule has 0 radical (unpaired) electrons. The summed E-state index contributed by atoms with van der Waals surface area (Å²) in [6.07, 6.45) is 2.63. The highest BCUT2D eigenvalue weighted by atomic mass is 35.5. The Morgan fingerprint density at radius 1 is 1.00 bits per heavy atom. The summed E-state index contributed by atoms with van der Waals surface area (Å²) >= 11 is 18.1. The molecule has 0 spiro atoms. The number of carbonyl (C=O) groups is 2. The van der Waals surface area contributed by atoms with E-state index in [1.807, 2.05) is 13.8 Å². The Labute approximate surface area is 228 Å². The van der Waals surface area contributed by atoms with Crippen molar-refractivity contribution in [1.82, 2.24) is 10.2 Å². The number of nitrogens with zero attached hydrogens (tertiary/aromatic N) is 2. The molecule has 0 saturated carbocycles. The lowest BCUT2D eigenvalue weighted by Gasteiger charge is -2.31. The first-order chi connectivity index (χ1) is 17.0. The van der Waals surface area contributed by atoms with Crippen LogP contribution in [0.5, 0.6) is 0 Å². The summed E-state index contributed by atoms with van der Waals surface area (Å²) in [7, 11) is -3.58. The van der Waals surface area contributed by atoms with Gasteiger partial charge in [-0.05, 0) is 61.2 Å². The number of benzene rings is 2. The summed E-state index contributed by atoms with van der Waals surface area (Å²) in [5.41, 5.74) is 1.20. The molecule has 0 unspecified atom stereocenters. The van der Waals surface area contributed by atoms with Gasteiger partial charge in [0.25, 0.3) is 0 Å². The first kappa shape index (κ1) is 30.2. The van der Waals surface area contributed by atoms with Crippen molar-refractivity contribution in [3.8, 4) is 0 Å². The largest absolute Gasteiger partial charge is 0.354 e. The zero-order valence-corrected chi connectivity index (χ0v) is 23.7. The molecule has 198 valence electrons. The Hall–Kier alpha value is -2.00. The van der Waals surface area contributed by atoms with Crippen LogP contribution in [0.1, 0.15) is 45.1 Å². The molecule has 1 N–H and O–H groups in total. The smallest absolute Gasteiger partial charge is 0.242 e. The molecule has 0 aliphatic rings. The van der Waals surface area contributed by atoms with Crippen LogP contribution < -0.4 is 9.62 Å². The number of halogens is 3. The summed E-state index contributed by atoms with van der Waals surface area (Å²) in [5, 5.41) is 4.12. The summed E-state index contributed by atoms with van der Waals surface area (Å²) < 4.78 is 26.0. The molecule has 0 saturated heterocycles. The molecule has 0 fully saturated rings. The van der Waals surface area contributed by atoms with E-state index in [1.165, 1.54) is 9.21 Å². The van der Waals surface area contributed by atoms with Crippen molar-refractivity contribution >= 4 is 62.3 Å². The second-order valence-electron chi connectivity index (χ2n) is 8.40. The van der Waals surface area contributed by atoms with Crippen molar-refractivity contribution < 1.29 is 18.0 Å². The van der Waals surface area contributed by atoms with Crippen molar-refractivity contribution in [1.29, 1.82) is 0 Å². The van der Waals surface area contributed by atoms with Gasteiger partial charge in [0.2, 0.25) is 21.8 Å². The lowest BCUT2D eigenvalue weighted by Crippen LogP contribution is -2.49. The number of anilines is 1. The predicted molar refractivity (Wildman–Crippen MR) is 147 cm³/mol. The van der Waals surface area contributed by atoms with Crippen LogP contribution in [0.4, 0.5) is 5.69 Å². The third-order valence-electron chi connectivity index (χ3n) is 5.54. The van der Waals surface area contributed by atoms with Gasteiger partial charge in [0.15, 0.2) is 0 Å². The molecular formula is C25H32Cl3N3O4S. The number of hydrogen-bond donors (Lipinski definition) is 1. The topological polar surface area (TPSA) is 86.8 Å². The number of amides is 2. The van der Waals surface area contributed by atoms with E-state index >= 15 is 0 Å². The fraction of sp³-hybridized carbons (Fsp3) is 0.440. The molecule has 1 atom stereocenters. The average Bonchev–Trinajstić information content (AvgIpc) is 2.82. The maximum absolute atomic E-state index is 13.4. The lowest BCUT2D eigenvalue weighted by atomic mass is 10.1. The summed E-state index contributed by atoms with van der Waals surface area (Å²) in [5.74, 6) is -0.490. The van der Waals surface area contributed by atoms with Gasteiger partial charge in [-0.25, -0.2) is 8.42 Å². The van der Waals surface area contributed by atoms with E-state index in [0.717, 1.165) is 18.2 Å². The molecule has 0 aromatic heterocycles. The maximum Gasteiger partial charge on any atom is 0.242 e. The van der Waals surface area contributed by atoms with Gasteiger partial charge in [0, 0.05) is 31.1 Å². The molecular weight excluding hydrogens is 545 g/mol. The normalized spacial score (nSPS) is 12.2. The van der Waals surface area contributed by atoms with Gasteiger partial charge in [0.05, 0.1) is 22.0 Å². The van der Waals surface area contributed by atoms with Gasteiger partial charge < -0.3 is 10.2 Å². The van der Waals surface area contributed by atoms with Gasteiger partial charge in [-0.2, -0.15) is 0 Å². The number of nitrogens with one attached hydrogen (secondary N) is 1. The van der Waals surface area contributed by atoms with Gasteiger partial charge in [-0.15, -0.1) is 0 Å². The Morgan fingerprint density at radius 3 is 2.22 bits per heavy atom. The summed E-state index contributed by atoms with van der Waals surface area (Å²) in [6.45, 7) is 4.58. The third-order valence-corrected chi connectivity index (χ3v) is 7.72.